The molecule has 2 rings (SSSR count). The molecule has 9 nitrogen and oxygen atoms in total. The standard InChI is InChI=1S/C21H27N3O6S/c1-20(2,3)23-31(28,29)18-12-15(11-17(13-18)24(26)27)14-8-7-9-16(10-14)22-19(25)30-21(4,5)6/h7-13,23H,1-6H3,(H,22,25). The Labute approximate surface area is 182 Å². The molecule has 0 spiro atoms. The summed E-state index contributed by atoms with van der Waals surface area (Å²) in [6.45, 7) is 10.2. The van der Waals surface area contributed by atoms with E-state index in [0.717, 1.165) is 6.07 Å². The smallest absolute Gasteiger partial charge is 0.412 e. The molecule has 0 saturated heterocycles. The molecule has 31 heavy (non-hydrogen) atoms. The third kappa shape index (κ3) is 7.34. The second-order valence-corrected chi connectivity index (χ2v) is 10.7. The van der Waals surface area contributed by atoms with Crippen LogP contribution in [0.4, 0.5) is 16.2 Å². The zero-order valence-electron chi connectivity index (χ0n) is 18.3. The number of hydrogen-bond donors (Lipinski definition) is 2. The van der Waals surface area contributed by atoms with E-state index in [2.05, 4.69) is 10.0 Å². The van der Waals surface area contributed by atoms with Gasteiger partial charge in [0.05, 0.1) is 9.82 Å². The molecular formula is C21H27N3O6S. The van der Waals surface area contributed by atoms with E-state index in [1.165, 1.54) is 12.1 Å². The van der Waals surface area contributed by atoms with Gasteiger partial charge in [-0.15, -0.1) is 0 Å². The number of hydrogen-bond acceptors (Lipinski definition) is 6. The minimum atomic E-state index is -4.00. The molecule has 0 radical (unpaired) electrons. The molecule has 168 valence electrons. The van der Waals surface area contributed by atoms with Gasteiger partial charge in [0.15, 0.2) is 0 Å². The fourth-order valence-electron chi connectivity index (χ4n) is 2.67. The lowest BCUT2D eigenvalue weighted by atomic mass is 10.0. The molecule has 0 unspecified atom stereocenters. The topological polar surface area (TPSA) is 128 Å². The molecule has 0 aromatic heterocycles. The normalized spacial score (nSPS) is 12.3. The van der Waals surface area contributed by atoms with E-state index < -0.39 is 32.2 Å². The number of nitro benzene ring substituents is 1. The summed E-state index contributed by atoms with van der Waals surface area (Å²) >= 11 is 0. The maximum absolute atomic E-state index is 12.7. The molecule has 0 aliphatic rings. The van der Waals surface area contributed by atoms with Gasteiger partial charge in [-0.2, -0.15) is 0 Å². The number of anilines is 1. The summed E-state index contributed by atoms with van der Waals surface area (Å²) in [5.41, 5.74) is -0.597. The van der Waals surface area contributed by atoms with Crippen molar-refractivity contribution in [1.82, 2.24) is 4.72 Å². The van der Waals surface area contributed by atoms with Crippen molar-refractivity contribution in [2.75, 3.05) is 5.32 Å². The van der Waals surface area contributed by atoms with E-state index in [9.17, 15) is 23.3 Å². The molecule has 10 heteroatoms. The van der Waals surface area contributed by atoms with Crippen molar-refractivity contribution in [3.8, 4) is 11.1 Å². The molecule has 0 heterocycles. The first-order valence-electron chi connectivity index (χ1n) is 9.50. The van der Waals surface area contributed by atoms with Crippen LogP contribution in [0.1, 0.15) is 41.5 Å². The number of nitrogens with zero attached hydrogens (tertiary/aromatic N) is 1. The highest BCUT2D eigenvalue weighted by Gasteiger charge is 2.25. The first-order valence-corrected chi connectivity index (χ1v) is 11.0. The third-order valence-electron chi connectivity index (χ3n) is 3.69. The summed E-state index contributed by atoms with van der Waals surface area (Å²) in [7, 11) is -4.00. The number of ether oxygens (including phenoxy) is 1. The molecule has 0 aliphatic heterocycles. The van der Waals surface area contributed by atoms with Crippen molar-refractivity contribution in [3.05, 3.63) is 52.6 Å². The Morgan fingerprint density at radius 3 is 2.19 bits per heavy atom. The van der Waals surface area contributed by atoms with Crippen LogP contribution in [0.25, 0.3) is 11.1 Å². The number of non-ortho nitro benzene ring substituents is 1. The number of carbonyl (C=O) groups is 1. The zero-order valence-corrected chi connectivity index (χ0v) is 19.2. The van der Waals surface area contributed by atoms with Crippen LogP contribution in [0.5, 0.6) is 0 Å². The number of sulfonamides is 1. The van der Waals surface area contributed by atoms with E-state index in [4.69, 9.17) is 4.74 Å². The lowest BCUT2D eigenvalue weighted by Crippen LogP contribution is -2.40. The molecule has 0 atom stereocenters. The minimum Gasteiger partial charge on any atom is -0.444 e. The first-order chi connectivity index (χ1) is 14.1. The lowest BCUT2D eigenvalue weighted by Gasteiger charge is -2.20. The second kappa shape index (κ2) is 8.64. The molecule has 0 saturated carbocycles. The average Bonchev–Trinajstić information content (AvgIpc) is 2.57. The fraction of sp³-hybridized carbons (Fsp3) is 0.381. The Bertz CT molecular complexity index is 1100. The molecule has 2 N–H and O–H groups in total. The van der Waals surface area contributed by atoms with Crippen LogP contribution in [0, 0.1) is 10.1 Å². The van der Waals surface area contributed by atoms with Crippen molar-refractivity contribution in [2.45, 2.75) is 57.6 Å². The van der Waals surface area contributed by atoms with Crippen LogP contribution >= 0.6 is 0 Å². The van der Waals surface area contributed by atoms with E-state index >= 15 is 0 Å². The number of carbonyl (C=O) groups excluding carboxylic acids is 1. The third-order valence-corrected chi connectivity index (χ3v) is 5.43. The first kappa shape index (κ1) is 24.3. The molecule has 0 fully saturated rings. The van der Waals surface area contributed by atoms with Crippen LogP contribution in [-0.2, 0) is 14.8 Å². The van der Waals surface area contributed by atoms with Gasteiger partial charge in [-0.25, -0.2) is 17.9 Å². The Balaban J connectivity index is 2.48. The Morgan fingerprint density at radius 1 is 1.00 bits per heavy atom. The van der Waals surface area contributed by atoms with Gasteiger partial charge >= 0.3 is 6.09 Å². The van der Waals surface area contributed by atoms with Gasteiger partial charge in [0.25, 0.3) is 5.69 Å². The predicted molar refractivity (Wildman–Crippen MR) is 118 cm³/mol. The number of rotatable bonds is 5. The van der Waals surface area contributed by atoms with Gasteiger partial charge in [-0.3, -0.25) is 15.4 Å². The van der Waals surface area contributed by atoms with E-state index in [0.29, 0.717) is 16.8 Å². The molecule has 0 aliphatic carbocycles. The average molecular weight is 450 g/mol. The van der Waals surface area contributed by atoms with Crippen LogP contribution in [0.3, 0.4) is 0 Å². The van der Waals surface area contributed by atoms with Crippen molar-refractivity contribution in [1.29, 1.82) is 0 Å². The summed E-state index contributed by atoms with van der Waals surface area (Å²) < 4.78 is 33.2. The molecule has 2 aromatic carbocycles. The monoisotopic (exact) mass is 449 g/mol. The highest BCUT2D eigenvalue weighted by molar-refractivity contribution is 7.89. The molecule has 1 amide bonds. The van der Waals surface area contributed by atoms with Crippen molar-refractivity contribution in [2.24, 2.45) is 0 Å². The number of benzene rings is 2. The van der Waals surface area contributed by atoms with Gasteiger partial charge < -0.3 is 4.74 Å². The molecule has 0 bridgehead atoms. The van der Waals surface area contributed by atoms with Crippen molar-refractivity contribution >= 4 is 27.5 Å². The fourth-order valence-corrected chi connectivity index (χ4v) is 4.15. The highest BCUT2D eigenvalue weighted by Crippen LogP contribution is 2.30. The van der Waals surface area contributed by atoms with Gasteiger partial charge in [-0.05, 0) is 70.9 Å². The summed E-state index contributed by atoms with van der Waals surface area (Å²) in [5.74, 6) is 0. The SMILES string of the molecule is CC(C)(C)NS(=O)(=O)c1cc(-c2cccc(NC(=O)OC(C)(C)C)c2)cc([N+](=O)[O-])c1. The quantitative estimate of drug-likeness (QED) is 0.504. The van der Waals surface area contributed by atoms with Crippen molar-refractivity contribution < 1.29 is 22.9 Å². The summed E-state index contributed by atoms with van der Waals surface area (Å²) in [6.07, 6.45) is -0.652. The molecule has 2 aromatic rings. The van der Waals surface area contributed by atoms with Gasteiger partial charge in [0, 0.05) is 23.4 Å². The number of nitrogens with one attached hydrogen (secondary N) is 2. The van der Waals surface area contributed by atoms with Crippen LogP contribution < -0.4 is 10.0 Å². The lowest BCUT2D eigenvalue weighted by molar-refractivity contribution is -0.385. The summed E-state index contributed by atoms with van der Waals surface area (Å²) in [5, 5.41) is 14.0. The summed E-state index contributed by atoms with van der Waals surface area (Å²) in [6, 6.07) is 10.2. The van der Waals surface area contributed by atoms with Crippen LogP contribution in [-0.4, -0.2) is 30.6 Å². The van der Waals surface area contributed by atoms with Gasteiger partial charge in [0.1, 0.15) is 5.60 Å². The maximum atomic E-state index is 12.7. The Kier molecular flexibility index (Phi) is 6.77. The Hall–Kier alpha value is -2.98. The Morgan fingerprint density at radius 2 is 1.65 bits per heavy atom. The van der Waals surface area contributed by atoms with Gasteiger partial charge in [0.2, 0.25) is 10.0 Å². The predicted octanol–water partition coefficient (Wildman–Crippen LogP) is 4.69. The second-order valence-electron chi connectivity index (χ2n) is 9.04. The zero-order chi connectivity index (χ0) is 23.6. The van der Waals surface area contributed by atoms with Crippen molar-refractivity contribution in [3.63, 3.8) is 0 Å². The molecular weight excluding hydrogens is 422 g/mol. The van der Waals surface area contributed by atoms with E-state index in [-0.39, 0.29) is 10.6 Å². The van der Waals surface area contributed by atoms with Gasteiger partial charge in [-0.1, -0.05) is 12.1 Å². The van der Waals surface area contributed by atoms with Crippen LogP contribution in [0.2, 0.25) is 0 Å². The maximum Gasteiger partial charge on any atom is 0.412 e. The largest absolute Gasteiger partial charge is 0.444 e. The number of amides is 1. The minimum absolute atomic E-state index is 0.225. The van der Waals surface area contributed by atoms with Crippen LogP contribution in [0.15, 0.2) is 47.4 Å². The highest BCUT2D eigenvalue weighted by atomic mass is 32.2. The van der Waals surface area contributed by atoms with E-state index in [1.807, 2.05) is 0 Å². The number of nitro groups is 1. The van der Waals surface area contributed by atoms with E-state index in [1.54, 1.807) is 65.8 Å². The summed E-state index contributed by atoms with van der Waals surface area (Å²) in [4.78, 5) is 22.6.